The second-order valence-electron chi connectivity index (χ2n) is 3.30. The van der Waals surface area contributed by atoms with Crippen LogP contribution in [0.5, 0.6) is 0 Å². The van der Waals surface area contributed by atoms with Crippen LogP contribution < -0.4 is 0 Å². The lowest BCUT2D eigenvalue weighted by atomic mass is 10.2. The molecule has 0 N–H and O–H groups in total. The van der Waals surface area contributed by atoms with Gasteiger partial charge in [-0.25, -0.2) is 0 Å². The molecule has 0 spiro atoms. The molecule has 0 fully saturated rings. The summed E-state index contributed by atoms with van der Waals surface area (Å²) >= 11 is 0. The van der Waals surface area contributed by atoms with Crippen LogP contribution in [-0.2, 0) is 9.47 Å². The molecule has 0 rings (SSSR count). The maximum atomic E-state index is 5.29. The summed E-state index contributed by atoms with van der Waals surface area (Å²) in [6, 6.07) is 0. The molecule has 0 aliphatic heterocycles. The Morgan fingerprint density at radius 2 is 1.71 bits per heavy atom. The molecule has 82 valence electrons. The molecular weight excluding hydrogens is 176 g/mol. The van der Waals surface area contributed by atoms with Crippen LogP contribution in [0.4, 0.5) is 0 Å². The van der Waals surface area contributed by atoms with E-state index in [2.05, 4.69) is 12.8 Å². The highest BCUT2D eigenvalue weighted by molar-refractivity contribution is 4.82. The van der Waals surface area contributed by atoms with Gasteiger partial charge in [-0.15, -0.1) is 12.3 Å². The Morgan fingerprint density at radius 1 is 1.00 bits per heavy atom. The van der Waals surface area contributed by atoms with Crippen LogP contribution in [0.15, 0.2) is 0 Å². The van der Waals surface area contributed by atoms with Crippen molar-refractivity contribution in [2.24, 2.45) is 0 Å². The molecule has 0 radical (unpaired) electrons. The van der Waals surface area contributed by atoms with Crippen molar-refractivity contribution in [3.63, 3.8) is 0 Å². The molecule has 0 aromatic heterocycles. The van der Waals surface area contributed by atoms with Crippen LogP contribution in [0.25, 0.3) is 0 Å². The first kappa shape index (κ1) is 13.5. The van der Waals surface area contributed by atoms with E-state index in [-0.39, 0.29) is 0 Å². The van der Waals surface area contributed by atoms with Crippen molar-refractivity contribution in [1.29, 1.82) is 0 Å². The largest absolute Gasteiger partial charge is 0.355 e. The molecule has 0 bridgehead atoms. The maximum Gasteiger partial charge on any atom is 0.146 e. The molecule has 0 amide bonds. The number of terminal acetylenes is 1. The summed E-state index contributed by atoms with van der Waals surface area (Å²) in [4.78, 5) is 0. The molecule has 2 heteroatoms. The Kier molecular flexibility index (Phi) is 12.0. The topological polar surface area (TPSA) is 18.5 Å². The smallest absolute Gasteiger partial charge is 0.146 e. The van der Waals surface area contributed by atoms with Crippen molar-refractivity contribution in [3.8, 4) is 12.3 Å². The van der Waals surface area contributed by atoms with Gasteiger partial charge in [0.1, 0.15) is 6.79 Å². The minimum Gasteiger partial charge on any atom is -0.355 e. The molecule has 0 saturated heterocycles. The van der Waals surface area contributed by atoms with Crippen LogP contribution >= 0.6 is 0 Å². The monoisotopic (exact) mass is 198 g/mol. The number of hydrogen-bond donors (Lipinski definition) is 0. The molecule has 0 saturated carbocycles. The third-order valence-corrected chi connectivity index (χ3v) is 1.92. The lowest BCUT2D eigenvalue weighted by molar-refractivity contribution is -0.0549. The van der Waals surface area contributed by atoms with Crippen molar-refractivity contribution < 1.29 is 9.47 Å². The van der Waals surface area contributed by atoms with Crippen molar-refractivity contribution in [3.05, 3.63) is 0 Å². The SMILES string of the molecule is C#CCCCOCOCCCCCC. The number of hydrogen-bond acceptors (Lipinski definition) is 2. The predicted octanol–water partition coefficient (Wildman–Crippen LogP) is 2.97. The number of unbranched alkanes of at least 4 members (excludes halogenated alkanes) is 4. The van der Waals surface area contributed by atoms with Gasteiger partial charge in [-0.3, -0.25) is 0 Å². The molecule has 2 nitrogen and oxygen atoms in total. The van der Waals surface area contributed by atoms with E-state index < -0.39 is 0 Å². The zero-order valence-electron chi connectivity index (χ0n) is 9.26. The van der Waals surface area contributed by atoms with Gasteiger partial charge in [0.25, 0.3) is 0 Å². The van der Waals surface area contributed by atoms with Crippen LogP contribution in [0.2, 0.25) is 0 Å². The van der Waals surface area contributed by atoms with Gasteiger partial charge in [0.2, 0.25) is 0 Å². The predicted molar refractivity (Wildman–Crippen MR) is 59.0 cm³/mol. The summed E-state index contributed by atoms with van der Waals surface area (Å²) in [6.07, 6.45) is 11.8. The second kappa shape index (κ2) is 12.5. The lowest BCUT2D eigenvalue weighted by Crippen LogP contribution is -2.02. The standard InChI is InChI=1S/C12H22O2/c1-3-5-7-9-11-14-12-13-10-8-6-4-2/h2H,3,5-12H2,1H3. The summed E-state index contributed by atoms with van der Waals surface area (Å²) in [6.45, 7) is 4.14. The summed E-state index contributed by atoms with van der Waals surface area (Å²) in [5, 5.41) is 0. The molecule has 0 aliphatic carbocycles. The highest BCUT2D eigenvalue weighted by Crippen LogP contribution is 1.98. The van der Waals surface area contributed by atoms with Crippen LogP contribution in [0.3, 0.4) is 0 Å². The molecule has 0 aromatic carbocycles. The molecule has 0 heterocycles. The lowest BCUT2D eigenvalue weighted by Gasteiger charge is -2.04. The van der Waals surface area contributed by atoms with Gasteiger partial charge in [-0.05, 0) is 12.8 Å². The Balaban J connectivity index is 2.82. The van der Waals surface area contributed by atoms with Gasteiger partial charge < -0.3 is 9.47 Å². The van der Waals surface area contributed by atoms with E-state index in [9.17, 15) is 0 Å². The zero-order chi connectivity index (χ0) is 10.5. The molecule has 0 unspecified atom stereocenters. The van der Waals surface area contributed by atoms with Crippen LogP contribution in [0.1, 0.15) is 45.4 Å². The van der Waals surface area contributed by atoms with Crippen molar-refractivity contribution in [1.82, 2.24) is 0 Å². The van der Waals surface area contributed by atoms with Crippen molar-refractivity contribution >= 4 is 0 Å². The summed E-state index contributed by atoms with van der Waals surface area (Å²) in [7, 11) is 0. The molecule has 0 atom stereocenters. The fraction of sp³-hybridized carbons (Fsp3) is 0.833. The average Bonchev–Trinajstić information content (AvgIpc) is 2.21. The van der Waals surface area contributed by atoms with Gasteiger partial charge in [-0.1, -0.05) is 26.2 Å². The van der Waals surface area contributed by atoms with E-state index in [1.165, 1.54) is 19.3 Å². The zero-order valence-corrected chi connectivity index (χ0v) is 9.26. The summed E-state index contributed by atoms with van der Waals surface area (Å²) < 4.78 is 10.5. The van der Waals surface area contributed by atoms with Crippen molar-refractivity contribution in [2.45, 2.75) is 45.4 Å². The van der Waals surface area contributed by atoms with Gasteiger partial charge in [0.05, 0.1) is 6.61 Å². The van der Waals surface area contributed by atoms with Crippen LogP contribution in [-0.4, -0.2) is 20.0 Å². The molecule has 0 aromatic rings. The average molecular weight is 198 g/mol. The normalized spacial score (nSPS) is 10.0. The van der Waals surface area contributed by atoms with E-state index in [1.54, 1.807) is 0 Å². The Labute approximate surface area is 88.0 Å². The second-order valence-corrected chi connectivity index (χ2v) is 3.30. The minimum atomic E-state index is 0.413. The highest BCUT2D eigenvalue weighted by Gasteiger charge is 1.90. The van der Waals surface area contributed by atoms with E-state index >= 15 is 0 Å². The Bertz CT molecular complexity index is 138. The first-order valence-corrected chi connectivity index (χ1v) is 5.50. The van der Waals surface area contributed by atoms with Gasteiger partial charge in [0.15, 0.2) is 0 Å². The van der Waals surface area contributed by atoms with E-state index in [4.69, 9.17) is 15.9 Å². The first-order chi connectivity index (χ1) is 6.91. The highest BCUT2D eigenvalue weighted by atomic mass is 16.7. The minimum absolute atomic E-state index is 0.413. The van der Waals surface area contributed by atoms with Gasteiger partial charge in [0, 0.05) is 13.0 Å². The quantitative estimate of drug-likeness (QED) is 0.305. The van der Waals surface area contributed by atoms with Crippen LogP contribution in [0, 0.1) is 12.3 Å². The van der Waals surface area contributed by atoms with E-state index in [1.807, 2.05) is 0 Å². The third kappa shape index (κ3) is 11.5. The van der Waals surface area contributed by atoms with Crippen molar-refractivity contribution in [2.75, 3.05) is 20.0 Å². The number of rotatable bonds is 10. The fourth-order valence-corrected chi connectivity index (χ4v) is 1.08. The van der Waals surface area contributed by atoms with Gasteiger partial charge in [-0.2, -0.15) is 0 Å². The molecule has 14 heavy (non-hydrogen) atoms. The maximum absolute atomic E-state index is 5.29. The first-order valence-electron chi connectivity index (χ1n) is 5.50. The number of ether oxygens (including phenoxy) is 2. The Hall–Kier alpha value is -0.520. The third-order valence-electron chi connectivity index (χ3n) is 1.92. The fourth-order valence-electron chi connectivity index (χ4n) is 1.08. The van der Waals surface area contributed by atoms with E-state index in [0.717, 1.165) is 25.9 Å². The summed E-state index contributed by atoms with van der Waals surface area (Å²) in [5.41, 5.74) is 0. The molecule has 0 aliphatic rings. The Morgan fingerprint density at radius 3 is 2.36 bits per heavy atom. The molecular formula is C12H22O2. The van der Waals surface area contributed by atoms with E-state index in [0.29, 0.717) is 13.4 Å². The summed E-state index contributed by atoms with van der Waals surface area (Å²) in [5.74, 6) is 2.57. The van der Waals surface area contributed by atoms with Gasteiger partial charge >= 0.3 is 0 Å².